The van der Waals surface area contributed by atoms with Crippen molar-refractivity contribution in [3.63, 3.8) is 0 Å². The molecule has 0 radical (unpaired) electrons. The minimum atomic E-state index is -0.615. The zero-order valence-electron chi connectivity index (χ0n) is 14.3. The van der Waals surface area contributed by atoms with Gasteiger partial charge in [0, 0.05) is 6.07 Å². The Morgan fingerprint density at radius 3 is 2.46 bits per heavy atom. The molecule has 0 aliphatic carbocycles. The maximum atomic E-state index is 14.0. The Morgan fingerprint density at radius 2 is 1.83 bits per heavy atom. The van der Waals surface area contributed by atoms with E-state index in [0.717, 1.165) is 11.3 Å². The number of nitrogens with one attached hydrogen (secondary N) is 1. The van der Waals surface area contributed by atoms with Gasteiger partial charge in [0.25, 0.3) is 5.91 Å². The Hall–Kier alpha value is -2.56. The normalized spacial score (nSPS) is 11.9. The van der Waals surface area contributed by atoms with Crippen LogP contribution in [0.1, 0.15) is 42.7 Å². The van der Waals surface area contributed by atoms with Crippen molar-refractivity contribution in [1.82, 2.24) is 5.32 Å². The van der Waals surface area contributed by atoms with Gasteiger partial charge in [-0.05, 0) is 50.6 Å². The van der Waals surface area contributed by atoms with Crippen LogP contribution in [0, 0.1) is 5.82 Å². The molecule has 0 bridgehead atoms. The van der Waals surface area contributed by atoms with Gasteiger partial charge in [-0.15, -0.1) is 0 Å². The van der Waals surface area contributed by atoms with Gasteiger partial charge in [0.2, 0.25) is 0 Å². The van der Waals surface area contributed by atoms with Gasteiger partial charge in [-0.25, -0.2) is 4.39 Å². The zero-order valence-corrected chi connectivity index (χ0v) is 14.3. The first-order valence-electron chi connectivity index (χ1n) is 7.81. The molecule has 1 unspecified atom stereocenters. The van der Waals surface area contributed by atoms with Crippen molar-refractivity contribution in [2.24, 2.45) is 0 Å². The lowest BCUT2D eigenvalue weighted by molar-refractivity contribution is 0.0935. The number of methoxy groups -OCH3 is 1. The molecule has 2 aromatic rings. The molecule has 1 amide bonds. The van der Waals surface area contributed by atoms with Crippen LogP contribution in [-0.4, -0.2) is 19.1 Å². The quantitative estimate of drug-likeness (QED) is 0.866. The van der Waals surface area contributed by atoms with Crippen LogP contribution in [0.3, 0.4) is 0 Å². The Balaban J connectivity index is 2.11. The molecule has 0 spiro atoms. The lowest BCUT2D eigenvalue weighted by Crippen LogP contribution is -2.27. The van der Waals surface area contributed by atoms with Gasteiger partial charge in [-0.2, -0.15) is 0 Å². The summed E-state index contributed by atoms with van der Waals surface area (Å²) >= 11 is 0. The van der Waals surface area contributed by atoms with Crippen molar-refractivity contribution in [2.45, 2.75) is 32.9 Å². The van der Waals surface area contributed by atoms with E-state index in [4.69, 9.17) is 9.47 Å². The molecule has 0 aliphatic heterocycles. The van der Waals surface area contributed by atoms with Crippen LogP contribution in [0.15, 0.2) is 42.5 Å². The third kappa shape index (κ3) is 4.47. The molecule has 4 nitrogen and oxygen atoms in total. The molecule has 0 aliphatic rings. The van der Waals surface area contributed by atoms with Crippen LogP contribution in [0.2, 0.25) is 0 Å². The molecular formula is C19H22FNO3. The SMILES string of the molecule is COc1ccc(C(=O)NC(C)c2cccc(OC(C)C)c2)c(F)c1. The summed E-state index contributed by atoms with van der Waals surface area (Å²) in [6, 6.07) is 11.4. The Morgan fingerprint density at radius 1 is 1.08 bits per heavy atom. The van der Waals surface area contributed by atoms with E-state index in [1.165, 1.54) is 19.2 Å². The van der Waals surface area contributed by atoms with Gasteiger partial charge in [0.1, 0.15) is 17.3 Å². The third-order valence-corrected chi connectivity index (χ3v) is 3.50. The number of hydrogen-bond acceptors (Lipinski definition) is 3. The fourth-order valence-electron chi connectivity index (χ4n) is 2.29. The number of hydrogen-bond donors (Lipinski definition) is 1. The van der Waals surface area contributed by atoms with E-state index in [1.54, 1.807) is 6.07 Å². The highest BCUT2D eigenvalue weighted by atomic mass is 19.1. The number of halogens is 1. The number of carbonyl (C=O) groups excluding carboxylic acids is 1. The van der Waals surface area contributed by atoms with Crippen LogP contribution in [0.5, 0.6) is 11.5 Å². The van der Waals surface area contributed by atoms with E-state index < -0.39 is 11.7 Å². The van der Waals surface area contributed by atoms with E-state index >= 15 is 0 Å². The van der Waals surface area contributed by atoms with Gasteiger partial charge >= 0.3 is 0 Å². The smallest absolute Gasteiger partial charge is 0.254 e. The summed E-state index contributed by atoms with van der Waals surface area (Å²) in [4.78, 5) is 12.3. The molecular weight excluding hydrogens is 309 g/mol. The van der Waals surface area contributed by atoms with E-state index in [9.17, 15) is 9.18 Å². The summed E-state index contributed by atoms with van der Waals surface area (Å²) in [5, 5.41) is 2.80. The molecule has 0 fully saturated rings. The standard InChI is InChI=1S/C19H22FNO3/c1-12(2)24-16-7-5-6-14(10-16)13(3)21-19(22)17-9-8-15(23-4)11-18(17)20/h5-13H,1-4H3,(H,21,22). The van der Waals surface area contributed by atoms with Crippen LogP contribution in [-0.2, 0) is 0 Å². The van der Waals surface area contributed by atoms with Crippen LogP contribution in [0.4, 0.5) is 4.39 Å². The van der Waals surface area contributed by atoms with Crippen LogP contribution < -0.4 is 14.8 Å². The Bertz CT molecular complexity index is 716. The predicted molar refractivity (Wildman–Crippen MR) is 91.0 cm³/mol. The van der Waals surface area contributed by atoms with Crippen molar-refractivity contribution in [2.75, 3.05) is 7.11 Å². The highest BCUT2D eigenvalue weighted by Gasteiger charge is 2.16. The maximum Gasteiger partial charge on any atom is 0.254 e. The largest absolute Gasteiger partial charge is 0.497 e. The molecule has 0 heterocycles. The van der Waals surface area contributed by atoms with Crippen molar-refractivity contribution < 1.29 is 18.7 Å². The second-order valence-electron chi connectivity index (χ2n) is 5.78. The topological polar surface area (TPSA) is 47.6 Å². The molecule has 128 valence electrons. The zero-order chi connectivity index (χ0) is 17.7. The first kappa shape index (κ1) is 17.8. The van der Waals surface area contributed by atoms with Crippen molar-refractivity contribution in [3.8, 4) is 11.5 Å². The number of rotatable bonds is 6. The average Bonchev–Trinajstić information content (AvgIpc) is 2.54. The molecule has 0 saturated heterocycles. The molecule has 1 atom stereocenters. The monoisotopic (exact) mass is 331 g/mol. The number of amides is 1. The Labute approximate surface area is 141 Å². The second kappa shape index (κ2) is 7.81. The third-order valence-electron chi connectivity index (χ3n) is 3.50. The minimum absolute atomic E-state index is 0.0164. The summed E-state index contributed by atoms with van der Waals surface area (Å²) in [5.41, 5.74) is 0.868. The minimum Gasteiger partial charge on any atom is -0.497 e. The molecule has 2 rings (SSSR count). The van der Waals surface area contributed by atoms with Gasteiger partial charge in [0.15, 0.2) is 0 Å². The van der Waals surface area contributed by atoms with Crippen molar-refractivity contribution >= 4 is 5.91 Å². The van der Waals surface area contributed by atoms with Crippen LogP contribution >= 0.6 is 0 Å². The molecule has 24 heavy (non-hydrogen) atoms. The van der Waals surface area contributed by atoms with Crippen molar-refractivity contribution in [3.05, 3.63) is 59.4 Å². The van der Waals surface area contributed by atoms with Gasteiger partial charge in [-0.3, -0.25) is 4.79 Å². The molecule has 1 N–H and O–H groups in total. The summed E-state index contributed by atoms with van der Waals surface area (Å²) < 4.78 is 24.6. The second-order valence-corrected chi connectivity index (χ2v) is 5.78. The Kier molecular flexibility index (Phi) is 5.79. The molecule has 0 saturated carbocycles. The first-order chi connectivity index (χ1) is 11.4. The molecule has 5 heteroatoms. The average molecular weight is 331 g/mol. The van der Waals surface area contributed by atoms with Gasteiger partial charge in [0.05, 0.1) is 24.8 Å². The molecule has 2 aromatic carbocycles. The van der Waals surface area contributed by atoms with Crippen molar-refractivity contribution in [1.29, 1.82) is 0 Å². The summed E-state index contributed by atoms with van der Waals surface area (Å²) in [5.74, 6) is 0.0173. The van der Waals surface area contributed by atoms with E-state index in [-0.39, 0.29) is 17.7 Å². The predicted octanol–water partition coefficient (Wildman–Crippen LogP) is 4.11. The lowest BCUT2D eigenvalue weighted by Gasteiger charge is -2.17. The lowest BCUT2D eigenvalue weighted by atomic mass is 10.1. The van der Waals surface area contributed by atoms with E-state index in [2.05, 4.69) is 5.32 Å². The van der Waals surface area contributed by atoms with Gasteiger partial charge < -0.3 is 14.8 Å². The fourth-order valence-corrected chi connectivity index (χ4v) is 2.29. The number of carbonyl (C=O) groups is 1. The first-order valence-corrected chi connectivity index (χ1v) is 7.81. The fraction of sp³-hybridized carbons (Fsp3) is 0.316. The number of ether oxygens (including phenoxy) is 2. The highest BCUT2D eigenvalue weighted by molar-refractivity contribution is 5.94. The van der Waals surface area contributed by atoms with Crippen LogP contribution in [0.25, 0.3) is 0 Å². The summed E-state index contributed by atoms with van der Waals surface area (Å²) in [6.07, 6.45) is 0.0681. The van der Waals surface area contributed by atoms with Gasteiger partial charge in [-0.1, -0.05) is 12.1 Å². The highest BCUT2D eigenvalue weighted by Crippen LogP contribution is 2.21. The summed E-state index contributed by atoms with van der Waals surface area (Å²) in [6.45, 7) is 5.74. The maximum absolute atomic E-state index is 14.0. The number of benzene rings is 2. The molecule has 0 aromatic heterocycles. The summed E-state index contributed by atoms with van der Waals surface area (Å²) in [7, 11) is 1.45. The van der Waals surface area contributed by atoms with E-state index in [0.29, 0.717) is 5.75 Å². The van der Waals surface area contributed by atoms with E-state index in [1.807, 2.05) is 45.0 Å².